The molecule has 0 unspecified atom stereocenters. The van der Waals surface area contributed by atoms with E-state index >= 15 is 0 Å². The highest BCUT2D eigenvalue weighted by atomic mass is 16.4. The van der Waals surface area contributed by atoms with Crippen LogP contribution >= 0.6 is 0 Å². The van der Waals surface area contributed by atoms with E-state index in [9.17, 15) is 9.59 Å². The quantitative estimate of drug-likeness (QED) is 0.715. The van der Waals surface area contributed by atoms with Crippen molar-refractivity contribution in [1.29, 1.82) is 0 Å². The van der Waals surface area contributed by atoms with Crippen molar-refractivity contribution < 1.29 is 14.7 Å². The maximum absolute atomic E-state index is 11.0. The van der Waals surface area contributed by atoms with Crippen molar-refractivity contribution in [3.63, 3.8) is 0 Å². The first-order valence-corrected chi connectivity index (χ1v) is 4.41. The normalized spacial score (nSPS) is 9.73. The molecule has 1 N–H and O–H groups in total. The van der Waals surface area contributed by atoms with E-state index in [1.807, 2.05) is 19.1 Å². The van der Waals surface area contributed by atoms with Crippen LogP contribution in [0.5, 0.6) is 0 Å². The Morgan fingerprint density at radius 1 is 1.47 bits per heavy atom. The number of carbonyl (C=O) groups is 2. The van der Waals surface area contributed by atoms with Crippen molar-refractivity contribution in [2.75, 3.05) is 7.05 Å². The lowest BCUT2D eigenvalue weighted by Gasteiger charge is -2.13. The fourth-order valence-corrected chi connectivity index (χ4v) is 1.17. The van der Waals surface area contributed by atoms with Crippen LogP contribution < -0.4 is 0 Å². The van der Waals surface area contributed by atoms with Crippen LogP contribution in [0, 0.1) is 6.92 Å². The molecule has 0 fully saturated rings. The zero-order valence-electron chi connectivity index (χ0n) is 8.60. The number of aryl methyl sites for hydroxylation is 1. The van der Waals surface area contributed by atoms with Gasteiger partial charge in [-0.15, -0.1) is 0 Å². The number of amides is 1. The highest BCUT2D eigenvalue weighted by Gasteiger charge is 2.17. The number of nitrogens with zero attached hydrogens (tertiary/aromatic N) is 2. The molecule has 1 aromatic rings. The minimum atomic E-state index is -1.45. The fraction of sp³-hybridized carbons (Fsp3) is 0.300. The van der Waals surface area contributed by atoms with E-state index in [2.05, 4.69) is 4.98 Å². The minimum Gasteiger partial charge on any atom is -0.474 e. The summed E-state index contributed by atoms with van der Waals surface area (Å²) in [5, 5.41) is 8.47. The molecule has 1 rings (SSSR count). The number of aromatic nitrogens is 1. The van der Waals surface area contributed by atoms with E-state index < -0.39 is 11.9 Å². The van der Waals surface area contributed by atoms with Gasteiger partial charge in [-0.25, -0.2) is 4.79 Å². The maximum Gasteiger partial charge on any atom is 0.394 e. The molecule has 15 heavy (non-hydrogen) atoms. The Morgan fingerprint density at radius 2 is 2.13 bits per heavy atom. The van der Waals surface area contributed by atoms with Crippen LogP contribution in [0.1, 0.15) is 11.4 Å². The van der Waals surface area contributed by atoms with E-state index in [1.54, 1.807) is 6.07 Å². The van der Waals surface area contributed by atoms with Crippen molar-refractivity contribution in [2.24, 2.45) is 0 Å². The average molecular weight is 208 g/mol. The Hall–Kier alpha value is -1.91. The van der Waals surface area contributed by atoms with Crippen molar-refractivity contribution in [2.45, 2.75) is 13.5 Å². The second-order valence-corrected chi connectivity index (χ2v) is 3.24. The van der Waals surface area contributed by atoms with E-state index in [4.69, 9.17) is 5.11 Å². The number of hydrogen-bond acceptors (Lipinski definition) is 3. The molecule has 1 aromatic heterocycles. The molecule has 0 radical (unpaired) electrons. The monoisotopic (exact) mass is 208 g/mol. The van der Waals surface area contributed by atoms with Crippen molar-refractivity contribution in [1.82, 2.24) is 9.88 Å². The predicted octanol–water partition coefficient (Wildman–Crippen LogP) is 0.433. The van der Waals surface area contributed by atoms with Crippen LogP contribution in [0.2, 0.25) is 0 Å². The molecule has 0 bridgehead atoms. The molecule has 80 valence electrons. The lowest BCUT2D eigenvalue weighted by Crippen LogP contribution is -2.32. The number of aliphatic carboxylic acids is 1. The van der Waals surface area contributed by atoms with Crippen molar-refractivity contribution in [3.05, 3.63) is 29.6 Å². The van der Waals surface area contributed by atoms with Gasteiger partial charge in [-0.3, -0.25) is 9.78 Å². The van der Waals surface area contributed by atoms with Crippen LogP contribution in [-0.2, 0) is 16.1 Å². The molecular weight excluding hydrogens is 196 g/mol. The van der Waals surface area contributed by atoms with Crippen molar-refractivity contribution >= 4 is 11.9 Å². The zero-order valence-corrected chi connectivity index (χ0v) is 8.60. The minimum absolute atomic E-state index is 0.201. The summed E-state index contributed by atoms with van der Waals surface area (Å²) in [5.74, 6) is -2.39. The average Bonchev–Trinajstić information content (AvgIpc) is 2.16. The molecule has 0 aliphatic rings. The van der Waals surface area contributed by atoms with Crippen molar-refractivity contribution in [3.8, 4) is 0 Å². The van der Waals surface area contributed by atoms with E-state index in [-0.39, 0.29) is 6.54 Å². The first kappa shape index (κ1) is 11.2. The highest BCUT2D eigenvalue weighted by molar-refractivity contribution is 6.31. The van der Waals surface area contributed by atoms with Gasteiger partial charge in [0.05, 0.1) is 12.2 Å². The molecule has 0 atom stereocenters. The molecule has 0 saturated heterocycles. The van der Waals surface area contributed by atoms with Gasteiger partial charge in [0, 0.05) is 12.7 Å². The first-order chi connectivity index (χ1) is 7.00. The van der Waals surface area contributed by atoms with Gasteiger partial charge in [0.15, 0.2) is 0 Å². The van der Waals surface area contributed by atoms with Gasteiger partial charge in [-0.1, -0.05) is 6.07 Å². The Bertz CT molecular complexity index is 390. The zero-order chi connectivity index (χ0) is 11.4. The molecule has 0 spiro atoms. The Balaban J connectivity index is 2.70. The van der Waals surface area contributed by atoms with Gasteiger partial charge in [0.1, 0.15) is 0 Å². The van der Waals surface area contributed by atoms with E-state index in [0.717, 1.165) is 10.6 Å². The maximum atomic E-state index is 11.0. The summed E-state index contributed by atoms with van der Waals surface area (Å²) in [4.78, 5) is 26.7. The highest BCUT2D eigenvalue weighted by Crippen LogP contribution is 2.01. The number of rotatable bonds is 2. The Labute approximate surface area is 87.4 Å². The number of carbonyl (C=O) groups excluding carboxylic acids is 1. The summed E-state index contributed by atoms with van der Waals surface area (Å²) < 4.78 is 0. The lowest BCUT2D eigenvalue weighted by molar-refractivity contribution is -0.155. The number of hydrogen-bond donors (Lipinski definition) is 1. The third kappa shape index (κ3) is 3.05. The molecule has 0 aromatic carbocycles. The molecule has 0 aliphatic heterocycles. The number of likely N-dealkylation sites (N-methyl/N-ethyl adjacent to an activating group) is 1. The van der Waals surface area contributed by atoms with Crippen LogP contribution in [0.15, 0.2) is 18.2 Å². The van der Waals surface area contributed by atoms with Crippen LogP contribution in [-0.4, -0.2) is 33.9 Å². The van der Waals surface area contributed by atoms with Gasteiger partial charge in [-0.2, -0.15) is 0 Å². The second-order valence-electron chi connectivity index (χ2n) is 3.24. The smallest absolute Gasteiger partial charge is 0.394 e. The topological polar surface area (TPSA) is 70.5 Å². The number of carboxylic acids is 1. The van der Waals surface area contributed by atoms with Gasteiger partial charge >= 0.3 is 11.9 Å². The SMILES string of the molecule is Cc1cccc(CN(C)C(=O)C(=O)O)n1. The van der Waals surface area contributed by atoms with Gasteiger partial charge in [0.2, 0.25) is 0 Å². The molecule has 5 heteroatoms. The predicted molar refractivity (Wildman–Crippen MR) is 53.1 cm³/mol. The largest absolute Gasteiger partial charge is 0.474 e. The Morgan fingerprint density at radius 3 is 2.67 bits per heavy atom. The molecule has 0 aliphatic carbocycles. The number of carboxylic acid groups (broad SMARTS) is 1. The van der Waals surface area contributed by atoms with Gasteiger partial charge < -0.3 is 10.0 Å². The summed E-state index contributed by atoms with van der Waals surface area (Å²) in [7, 11) is 1.43. The van der Waals surface area contributed by atoms with Gasteiger partial charge in [-0.05, 0) is 19.1 Å². The molecule has 1 amide bonds. The molecule has 1 heterocycles. The van der Waals surface area contributed by atoms with Crippen LogP contribution in [0.25, 0.3) is 0 Å². The Kier molecular flexibility index (Phi) is 3.38. The summed E-state index contributed by atoms with van der Waals surface area (Å²) in [6, 6.07) is 5.40. The van der Waals surface area contributed by atoms with E-state index in [1.165, 1.54) is 7.05 Å². The molecule has 0 saturated carbocycles. The summed E-state index contributed by atoms with van der Waals surface area (Å²) in [5.41, 5.74) is 1.51. The summed E-state index contributed by atoms with van der Waals surface area (Å²) >= 11 is 0. The third-order valence-electron chi connectivity index (χ3n) is 1.87. The van der Waals surface area contributed by atoms with E-state index in [0.29, 0.717) is 5.69 Å². The number of pyridine rings is 1. The lowest BCUT2D eigenvalue weighted by atomic mass is 10.3. The van der Waals surface area contributed by atoms with Crippen LogP contribution in [0.4, 0.5) is 0 Å². The van der Waals surface area contributed by atoms with Crippen LogP contribution in [0.3, 0.4) is 0 Å². The third-order valence-corrected chi connectivity index (χ3v) is 1.87. The first-order valence-electron chi connectivity index (χ1n) is 4.41. The van der Waals surface area contributed by atoms with Gasteiger partial charge in [0.25, 0.3) is 0 Å². The molecular formula is C10H12N2O3. The summed E-state index contributed by atoms with van der Waals surface area (Å²) in [6.07, 6.45) is 0. The standard InChI is InChI=1S/C10H12N2O3/c1-7-4-3-5-8(11-7)6-12(2)9(13)10(14)15/h3-5H,6H2,1-2H3,(H,14,15). The summed E-state index contributed by atoms with van der Waals surface area (Å²) in [6.45, 7) is 2.04. The molecule has 5 nitrogen and oxygen atoms in total. The fourth-order valence-electron chi connectivity index (χ4n) is 1.17. The second kappa shape index (κ2) is 4.54.